The monoisotopic (exact) mass is 160 g/mol. The highest BCUT2D eigenvalue weighted by molar-refractivity contribution is 5.67. The van der Waals surface area contributed by atoms with Crippen molar-refractivity contribution < 1.29 is 19.4 Å². The molecule has 0 aromatic heterocycles. The van der Waals surface area contributed by atoms with E-state index < -0.39 is 5.97 Å². The first-order valence-electron chi connectivity index (χ1n) is 3.70. The number of carbonyl (C=O) groups is 1. The molecule has 0 spiro atoms. The zero-order valence-electron chi connectivity index (χ0n) is 6.28. The Morgan fingerprint density at radius 2 is 2.55 bits per heavy atom. The van der Waals surface area contributed by atoms with Crippen molar-refractivity contribution in [2.75, 3.05) is 19.8 Å². The summed E-state index contributed by atoms with van der Waals surface area (Å²) in [5.41, 5.74) is 0. The lowest BCUT2D eigenvalue weighted by molar-refractivity contribution is -0.143. The highest BCUT2D eigenvalue weighted by atomic mass is 16.5. The minimum absolute atomic E-state index is 0.120. The maximum absolute atomic E-state index is 10.0. The van der Waals surface area contributed by atoms with Crippen LogP contribution in [0.4, 0.5) is 0 Å². The number of hydrogen-bond acceptors (Lipinski definition) is 3. The summed E-state index contributed by atoms with van der Waals surface area (Å²) >= 11 is 0. The molecular weight excluding hydrogens is 148 g/mol. The third-order valence-electron chi connectivity index (χ3n) is 1.55. The van der Waals surface area contributed by atoms with Crippen LogP contribution < -0.4 is 0 Å². The number of carboxylic acids is 1. The lowest BCUT2D eigenvalue weighted by Crippen LogP contribution is -2.17. The highest BCUT2D eigenvalue weighted by Gasteiger charge is 2.15. The van der Waals surface area contributed by atoms with E-state index in [4.69, 9.17) is 14.6 Å². The molecule has 1 heterocycles. The molecule has 64 valence electrons. The Bertz CT molecular complexity index is 128. The summed E-state index contributed by atoms with van der Waals surface area (Å²) < 4.78 is 10.1. The second-order valence-electron chi connectivity index (χ2n) is 2.54. The van der Waals surface area contributed by atoms with Crippen LogP contribution in [0.3, 0.4) is 0 Å². The zero-order chi connectivity index (χ0) is 8.10. The average molecular weight is 160 g/mol. The van der Waals surface area contributed by atoms with Crippen molar-refractivity contribution in [2.24, 2.45) is 0 Å². The second-order valence-corrected chi connectivity index (χ2v) is 2.54. The Labute approximate surface area is 65.1 Å². The van der Waals surface area contributed by atoms with Gasteiger partial charge in [-0.1, -0.05) is 0 Å². The molecule has 1 rings (SSSR count). The molecule has 1 saturated heterocycles. The molecule has 1 atom stereocenters. The van der Waals surface area contributed by atoms with Crippen molar-refractivity contribution in [3.8, 4) is 0 Å². The fourth-order valence-electron chi connectivity index (χ4n) is 1.05. The Kier molecular flexibility index (Phi) is 3.32. The number of carboxylic acid groups (broad SMARTS) is 1. The van der Waals surface area contributed by atoms with Gasteiger partial charge in [0.25, 0.3) is 0 Å². The first-order valence-corrected chi connectivity index (χ1v) is 3.70. The van der Waals surface area contributed by atoms with Crippen LogP contribution in [0.1, 0.15) is 12.8 Å². The molecule has 11 heavy (non-hydrogen) atoms. The molecule has 1 aliphatic heterocycles. The minimum atomic E-state index is -0.928. The van der Waals surface area contributed by atoms with Crippen LogP contribution in [-0.4, -0.2) is 37.0 Å². The summed E-state index contributed by atoms with van der Waals surface area (Å²) in [5.74, 6) is -0.928. The molecule has 0 aliphatic carbocycles. The molecule has 1 fully saturated rings. The van der Waals surface area contributed by atoms with Crippen molar-refractivity contribution in [2.45, 2.75) is 18.9 Å². The van der Waals surface area contributed by atoms with E-state index in [1.807, 2.05) is 0 Å². The van der Waals surface area contributed by atoms with Crippen molar-refractivity contribution >= 4 is 5.97 Å². The Morgan fingerprint density at radius 3 is 3.09 bits per heavy atom. The van der Waals surface area contributed by atoms with E-state index in [2.05, 4.69) is 0 Å². The van der Waals surface area contributed by atoms with E-state index in [1.54, 1.807) is 0 Å². The number of ether oxygens (including phenoxy) is 2. The topological polar surface area (TPSA) is 55.8 Å². The van der Waals surface area contributed by atoms with Crippen molar-refractivity contribution in [3.05, 3.63) is 0 Å². The predicted octanol–water partition coefficient (Wildman–Crippen LogP) is 0.267. The van der Waals surface area contributed by atoms with Crippen molar-refractivity contribution in [1.29, 1.82) is 0 Å². The summed E-state index contributed by atoms with van der Waals surface area (Å²) in [7, 11) is 0. The van der Waals surface area contributed by atoms with Gasteiger partial charge in [-0.05, 0) is 12.8 Å². The zero-order valence-corrected chi connectivity index (χ0v) is 6.28. The predicted molar refractivity (Wildman–Crippen MR) is 37.4 cm³/mol. The quantitative estimate of drug-likeness (QED) is 0.641. The highest BCUT2D eigenvalue weighted by Crippen LogP contribution is 2.11. The van der Waals surface area contributed by atoms with E-state index in [0.29, 0.717) is 6.61 Å². The molecule has 0 aromatic carbocycles. The number of hydrogen-bond donors (Lipinski definition) is 1. The summed E-state index contributed by atoms with van der Waals surface area (Å²) in [6.45, 7) is 0.966. The van der Waals surface area contributed by atoms with E-state index in [0.717, 1.165) is 19.4 Å². The SMILES string of the molecule is O=C(O)COCC1CCCO1. The van der Waals surface area contributed by atoms with Gasteiger partial charge in [0.2, 0.25) is 0 Å². The molecule has 0 amide bonds. The van der Waals surface area contributed by atoms with Crippen LogP contribution >= 0.6 is 0 Å². The lowest BCUT2D eigenvalue weighted by atomic mass is 10.2. The van der Waals surface area contributed by atoms with Gasteiger partial charge < -0.3 is 14.6 Å². The maximum Gasteiger partial charge on any atom is 0.329 e. The molecule has 1 unspecified atom stereocenters. The summed E-state index contributed by atoms with van der Waals surface area (Å²) in [4.78, 5) is 10.0. The van der Waals surface area contributed by atoms with Gasteiger partial charge in [-0.2, -0.15) is 0 Å². The van der Waals surface area contributed by atoms with Crippen LogP contribution in [0.15, 0.2) is 0 Å². The minimum Gasteiger partial charge on any atom is -0.480 e. The average Bonchev–Trinajstić information content (AvgIpc) is 2.39. The molecule has 0 bridgehead atoms. The van der Waals surface area contributed by atoms with Crippen LogP contribution in [0.2, 0.25) is 0 Å². The van der Waals surface area contributed by atoms with Crippen molar-refractivity contribution in [1.82, 2.24) is 0 Å². The molecule has 0 saturated carbocycles. The standard InChI is InChI=1S/C7H12O4/c8-7(9)5-10-4-6-2-1-3-11-6/h6H,1-5H2,(H,8,9). The summed E-state index contributed by atoms with van der Waals surface area (Å²) in [6.07, 6.45) is 2.16. The van der Waals surface area contributed by atoms with Crippen LogP contribution in [0, 0.1) is 0 Å². The van der Waals surface area contributed by atoms with E-state index in [9.17, 15) is 4.79 Å². The maximum atomic E-state index is 10.0. The first kappa shape index (κ1) is 8.49. The van der Waals surface area contributed by atoms with Gasteiger partial charge in [0.05, 0.1) is 12.7 Å². The van der Waals surface area contributed by atoms with E-state index >= 15 is 0 Å². The lowest BCUT2D eigenvalue weighted by Gasteiger charge is -2.07. The summed E-state index contributed by atoms with van der Waals surface area (Å²) in [6, 6.07) is 0. The Morgan fingerprint density at radius 1 is 1.73 bits per heavy atom. The van der Waals surface area contributed by atoms with Crippen molar-refractivity contribution in [3.63, 3.8) is 0 Å². The summed E-state index contributed by atoms with van der Waals surface area (Å²) in [5, 5.41) is 8.22. The molecule has 0 radical (unpaired) electrons. The largest absolute Gasteiger partial charge is 0.480 e. The van der Waals surface area contributed by atoms with E-state index in [1.165, 1.54) is 0 Å². The second kappa shape index (κ2) is 4.31. The van der Waals surface area contributed by atoms with Gasteiger partial charge >= 0.3 is 5.97 Å². The number of aliphatic carboxylic acids is 1. The molecular formula is C7H12O4. The Balaban J connectivity index is 1.98. The molecule has 4 heteroatoms. The molecule has 0 aromatic rings. The first-order chi connectivity index (χ1) is 5.29. The smallest absolute Gasteiger partial charge is 0.329 e. The number of rotatable bonds is 4. The Hall–Kier alpha value is -0.610. The van der Waals surface area contributed by atoms with Gasteiger partial charge in [-0.3, -0.25) is 0 Å². The molecule has 1 N–H and O–H groups in total. The van der Waals surface area contributed by atoms with Crippen LogP contribution in [-0.2, 0) is 14.3 Å². The van der Waals surface area contributed by atoms with Crippen LogP contribution in [0.5, 0.6) is 0 Å². The van der Waals surface area contributed by atoms with Crippen LogP contribution in [0.25, 0.3) is 0 Å². The fraction of sp³-hybridized carbons (Fsp3) is 0.857. The third-order valence-corrected chi connectivity index (χ3v) is 1.55. The van der Waals surface area contributed by atoms with Gasteiger partial charge in [0, 0.05) is 6.61 Å². The fourth-order valence-corrected chi connectivity index (χ4v) is 1.05. The molecule has 4 nitrogen and oxygen atoms in total. The van der Waals surface area contributed by atoms with Gasteiger partial charge in [0.15, 0.2) is 0 Å². The van der Waals surface area contributed by atoms with Gasteiger partial charge in [0.1, 0.15) is 6.61 Å². The third kappa shape index (κ3) is 3.34. The normalized spacial score (nSPS) is 23.8. The molecule has 1 aliphatic rings. The van der Waals surface area contributed by atoms with Gasteiger partial charge in [-0.15, -0.1) is 0 Å². The van der Waals surface area contributed by atoms with E-state index in [-0.39, 0.29) is 12.7 Å². The van der Waals surface area contributed by atoms with Gasteiger partial charge in [-0.25, -0.2) is 4.79 Å².